The molecular weight excluding hydrogens is 1330 g/mol. The molecule has 22 rings (SSSR count). The summed E-state index contributed by atoms with van der Waals surface area (Å²) in [5.41, 5.74) is 33.9. The molecule has 6 nitrogen and oxygen atoms in total. The lowest BCUT2D eigenvalue weighted by molar-refractivity contribution is 0.436. The molecule has 109 heavy (non-hydrogen) atoms. The number of aromatic nitrogens is 4. The van der Waals surface area contributed by atoms with E-state index in [2.05, 4.69) is 366 Å². The molecule has 6 heteroatoms. The highest BCUT2D eigenvalue weighted by molar-refractivity contribution is 5.93. The van der Waals surface area contributed by atoms with Crippen LogP contribution in [0.15, 0.2) is 364 Å². The second-order valence-corrected chi connectivity index (χ2v) is 29.8. The molecule has 0 atom stereocenters. The molecular formula is C103H66N4O2. The summed E-state index contributed by atoms with van der Waals surface area (Å²) in [7, 11) is 0. The summed E-state index contributed by atoms with van der Waals surface area (Å²) in [6, 6.07) is 131. The van der Waals surface area contributed by atoms with Gasteiger partial charge < -0.3 is 9.47 Å². The van der Waals surface area contributed by atoms with Gasteiger partial charge in [0.15, 0.2) is 11.6 Å². The van der Waals surface area contributed by atoms with Crippen molar-refractivity contribution in [2.24, 2.45) is 0 Å². The van der Waals surface area contributed by atoms with Gasteiger partial charge >= 0.3 is 0 Å². The van der Waals surface area contributed by atoms with Crippen LogP contribution in [-0.4, -0.2) is 19.9 Å². The Kier molecular flexibility index (Phi) is 13.8. The van der Waals surface area contributed by atoms with Gasteiger partial charge in [-0.05, 0) is 149 Å². The van der Waals surface area contributed by atoms with E-state index in [1.165, 1.54) is 66.8 Å². The molecule has 4 heterocycles. The number of para-hydroxylation sites is 1. The first-order chi connectivity index (χ1) is 53.7. The van der Waals surface area contributed by atoms with Crippen LogP contribution < -0.4 is 9.47 Å². The Labute approximate surface area is 632 Å². The summed E-state index contributed by atoms with van der Waals surface area (Å²) in [4.78, 5) is 21.4. The Morgan fingerprint density at radius 1 is 0.183 bits per heavy atom. The molecule has 510 valence electrons. The normalized spacial score (nSPS) is 14.0. The minimum atomic E-state index is -0.663. The van der Waals surface area contributed by atoms with Gasteiger partial charge in [0.2, 0.25) is 0 Å². The third-order valence-electron chi connectivity index (χ3n) is 23.7. The smallest absolute Gasteiger partial charge is 0.160 e. The second-order valence-electron chi connectivity index (χ2n) is 29.8. The van der Waals surface area contributed by atoms with Crippen LogP contribution in [0.4, 0.5) is 0 Å². The number of hydrogen-bond donors (Lipinski definition) is 0. The molecule has 0 saturated heterocycles. The van der Waals surface area contributed by atoms with E-state index in [1.54, 1.807) is 0 Å². The van der Waals surface area contributed by atoms with Crippen molar-refractivity contribution in [2.45, 2.75) is 30.1 Å². The summed E-state index contributed by atoms with van der Waals surface area (Å²) >= 11 is 0. The lowest BCUT2D eigenvalue weighted by Crippen LogP contribution is -2.32. The molecule has 0 saturated carbocycles. The first kappa shape index (κ1) is 62.4. The summed E-state index contributed by atoms with van der Waals surface area (Å²) in [6.07, 6.45) is 0. The fourth-order valence-electron chi connectivity index (χ4n) is 18.6. The van der Waals surface area contributed by atoms with Crippen LogP contribution in [0, 0.1) is 0 Å². The number of ether oxygens (including phenoxy) is 2. The molecule has 2 spiro atoms. The van der Waals surface area contributed by atoms with Crippen molar-refractivity contribution in [1.82, 2.24) is 19.9 Å². The predicted octanol–water partition coefficient (Wildman–Crippen LogP) is 25.5. The fourth-order valence-corrected chi connectivity index (χ4v) is 18.6. The maximum atomic E-state index is 7.38. The lowest BCUT2D eigenvalue weighted by atomic mass is 9.65. The van der Waals surface area contributed by atoms with Crippen molar-refractivity contribution in [1.29, 1.82) is 0 Å². The van der Waals surface area contributed by atoms with Crippen LogP contribution >= 0.6 is 0 Å². The maximum Gasteiger partial charge on any atom is 0.160 e. The fraction of sp³-hybridized carbons (Fsp3) is 0.0485. The van der Waals surface area contributed by atoms with Crippen molar-refractivity contribution >= 4 is 0 Å². The number of benzene rings is 15. The minimum Gasteiger partial charge on any atom is -0.457 e. The Bertz CT molecular complexity index is 6490. The van der Waals surface area contributed by atoms with Gasteiger partial charge in [0.05, 0.1) is 33.6 Å². The van der Waals surface area contributed by atoms with Crippen molar-refractivity contribution in [3.05, 3.63) is 420 Å². The monoisotopic (exact) mass is 1390 g/mol. The quantitative estimate of drug-likeness (QED) is 0.143. The standard InChI is InChI=1S/C103H66N4O2/c1-101(2)81-33-14-9-28-75(81)80-52-48-73(57-90(80)101)94-62-93(104-99(107-94)68-46-42-64(43-47-68)70-49-53-87-96(58-70)108-95-39-20-19-38-86(95)102(87)82-34-15-10-29-76(82)77-30-11-16-35-83(77)102)67-44-40-63(41-45-67)71-50-54-88-97(59-71)109-98-60-72(51-55-89(98)103(88)84-36-17-12-31-78(84)79-32-13-18-37-85(79)103)69-26-21-27-74(56-69)100-105-91(65-22-5-3-6-23-65)61-92(106-100)66-24-7-4-8-25-66/h3-62H,1-2H3. The predicted molar refractivity (Wildman–Crippen MR) is 439 cm³/mol. The van der Waals surface area contributed by atoms with Gasteiger partial charge in [0.1, 0.15) is 23.0 Å². The highest BCUT2D eigenvalue weighted by Crippen LogP contribution is 2.65. The van der Waals surface area contributed by atoms with Crippen LogP contribution in [0.3, 0.4) is 0 Å². The van der Waals surface area contributed by atoms with Gasteiger partial charge in [0.25, 0.3) is 0 Å². The zero-order valence-electron chi connectivity index (χ0n) is 59.7. The molecule has 5 aliphatic rings. The molecule has 3 aliphatic carbocycles. The molecule has 15 aromatic carbocycles. The van der Waals surface area contributed by atoms with E-state index in [-0.39, 0.29) is 5.41 Å². The summed E-state index contributed by atoms with van der Waals surface area (Å²) in [6.45, 7) is 4.67. The SMILES string of the molecule is CC1(C)c2ccccc2-c2ccc(-c3cc(-c4ccc(-c5ccc6c(c5)Oc5cc(-c7cccc(-c8nc(-c9ccccc9)cc(-c9ccccc9)n8)c7)ccc5C65c6ccccc6-c6ccccc65)cc4)nc(-c4ccc(-c5ccc6c(c5)Oc5ccccc5C65c6ccccc6-c6ccccc65)cc4)n3)cc21. The van der Waals surface area contributed by atoms with E-state index < -0.39 is 10.8 Å². The Hall–Kier alpha value is -13.9. The van der Waals surface area contributed by atoms with Crippen molar-refractivity contribution in [3.63, 3.8) is 0 Å². The van der Waals surface area contributed by atoms with Crippen LogP contribution in [0.25, 0.3) is 135 Å². The number of fused-ring (bicyclic) bond motifs is 21. The zero-order chi connectivity index (χ0) is 72.1. The van der Waals surface area contributed by atoms with Crippen LogP contribution in [0.2, 0.25) is 0 Å². The largest absolute Gasteiger partial charge is 0.457 e. The molecule has 17 aromatic rings. The summed E-state index contributed by atoms with van der Waals surface area (Å²) in [5, 5.41) is 0. The minimum absolute atomic E-state index is 0.195. The van der Waals surface area contributed by atoms with E-state index in [0.29, 0.717) is 11.6 Å². The van der Waals surface area contributed by atoms with Crippen LogP contribution in [0.5, 0.6) is 23.0 Å². The average molecular weight is 1390 g/mol. The molecule has 0 unspecified atom stereocenters. The number of nitrogens with zero attached hydrogens (tertiary/aromatic N) is 4. The third-order valence-corrected chi connectivity index (χ3v) is 23.7. The van der Waals surface area contributed by atoms with E-state index in [1.807, 2.05) is 12.1 Å². The first-order valence-corrected chi connectivity index (χ1v) is 37.5. The molecule has 0 fully saturated rings. The molecule has 0 bridgehead atoms. The maximum absolute atomic E-state index is 7.38. The van der Waals surface area contributed by atoms with Crippen LogP contribution in [0.1, 0.15) is 69.5 Å². The molecule has 2 aromatic heterocycles. The first-order valence-electron chi connectivity index (χ1n) is 37.5. The van der Waals surface area contributed by atoms with E-state index in [0.717, 1.165) is 135 Å². The van der Waals surface area contributed by atoms with Gasteiger partial charge in [-0.1, -0.05) is 329 Å². The van der Waals surface area contributed by atoms with Gasteiger partial charge in [-0.3, -0.25) is 0 Å². The molecule has 0 amide bonds. The van der Waals surface area contributed by atoms with Crippen molar-refractivity contribution in [2.75, 3.05) is 0 Å². The Morgan fingerprint density at radius 3 is 0.972 bits per heavy atom. The Balaban J connectivity index is 0.627. The van der Waals surface area contributed by atoms with Gasteiger partial charge in [-0.25, -0.2) is 19.9 Å². The highest BCUT2D eigenvalue weighted by atomic mass is 16.5. The summed E-state index contributed by atoms with van der Waals surface area (Å²) in [5.74, 6) is 4.63. The van der Waals surface area contributed by atoms with Crippen molar-refractivity contribution < 1.29 is 9.47 Å². The molecule has 0 N–H and O–H groups in total. The van der Waals surface area contributed by atoms with Gasteiger partial charge in [-0.15, -0.1) is 0 Å². The topological polar surface area (TPSA) is 70.0 Å². The Morgan fingerprint density at radius 2 is 0.486 bits per heavy atom. The molecule has 2 aliphatic heterocycles. The highest BCUT2D eigenvalue weighted by Gasteiger charge is 2.53. The number of hydrogen-bond acceptors (Lipinski definition) is 6. The summed E-state index contributed by atoms with van der Waals surface area (Å²) < 4.78 is 14.3. The second kappa shape index (κ2) is 24.0. The van der Waals surface area contributed by atoms with E-state index in [4.69, 9.17) is 29.4 Å². The third kappa shape index (κ3) is 9.47. The lowest BCUT2D eigenvalue weighted by Gasteiger charge is -2.39. The number of rotatable bonds is 9. The van der Waals surface area contributed by atoms with Crippen molar-refractivity contribution in [3.8, 4) is 158 Å². The van der Waals surface area contributed by atoms with E-state index in [9.17, 15) is 0 Å². The van der Waals surface area contributed by atoms with E-state index >= 15 is 0 Å². The molecule has 0 radical (unpaired) electrons. The van der Waals surface area contributed by atoms with Gasteiger partial charge in [0, 0.05) is 61.0 Å². The van der Waals surface area contributed by atoms with Gasteiger partial charge in [-0.2, -0.15) is 0 Å². The average Bonchev–Trinajstić information content (AvgIpc) is 1.56. The zero-order valence-corrected chi connectivity index (χ0v) is 59.7. The van der Waals surface area contributed by atoms with Crippen LogP contribution in [-0.2, 0) is 16.2 Å².